The van der Waals surface area contributed by atoms with E-state index in [1.54, 1.807) is 0 Å². The maximum Gasteiger partial charge on any atom is 0.224 e. The highest BCUT2D eigenvalue weighted by molar-refractivity contribution is 5.76. The quantitative estimate of drug-likeness (QED) is 0.803. The first kappa shape index (κ1) is 18.0. The summed E-state index contributed by atoms with van der Waals surface area (Å²) in [5.74, 6) is 1.31. The maximum atomic E-state index is 12.9. The number of aryl methyl sites for hydroxylation is 2. The molecule has 1 aromatic heterocycles. The number of rotatable bonds is 5. The van der Waals surface area contributed by atoms with Crippen LogP contribution in [0.5, 0.6) is 0 Å². The average molecular weight is 361 g/mol. The third kappa shape index (κ3) is 2.78. The van der Waals surface area contributed by atoms with Gasteiger partial charge in [-0.1, -0.05) is 0 Å². The van der Waals surface area contributed by atoms with Crippen LogP contribution in [-0.2, 0) is 16.1 Å². The lowest BCUT2D eigenvalue weighted by Gasteiger charge is -2.30. The predicted octanol–water partition coefficient (Wildman–Crippen LogP) is 1.77. The zero-order valence-electron chi connectivity index (χ0n) is 16.8. The van der Waals surface area contributed by atoms with Gasteiger partial charge in [-0.25, -0.2) is 0 Å². The summed E-state index contributed by atoms with van der Waals surface area (Å²) in [4.78, 5) is 17.2. The Morgan fingerprint density at radius 2 is 2.12 bits per heavy atom. The second-order valence-electron chi connectivity index (χ2n) is 8.84. The van der Waals surface area contributed by atoms with Crippen molar-refractivity contribution in [3.8, 4) is 0 Å². The molecule has 2 bridgehead atoms. The Kier molecular flexibility index (Phi) is 4.39. The summed E-state index contributed by atoms with van der Waals surface area (Å²) >= 11 is 0. The molecule has 4 heterocycles. The SMILES string of the molecule is Cc1nn(CCC(=O)N2C[C@@H]3[C@H](CN(C)C)[C@H]4CC[C@]3(C2)O4)c(C)c1C. The lowest BCUT2D eigenvalue weighted by atomic mass is 9.73. The van der Waals surface area contributed by atoms with Gasteiger partial charge in [0.2, 0.25) is 5.91 Å². The lowest BCUT2D eigenvalue weighted by Crippen LogP contribution is -2.40. The first-order valence-corrected chi connectivity index (χ1v) is 9.91. The summed E-state index contributed by atoms with van der Waals surface area (Å²) in [6, 6.07) is 0. The van der Waals surface area contributed by atoms with Crippen LogP contribution in [0.1, 0.15) is 36.2 Å². The molecule has 0 unspecified atom stereocenters. The van der Waals surface area contributed by atoms with Crippen molar-refractivity contribution in [2.75, 3.05) is 33.7 Å². The molecule has 0 aromatic carbocycles. The van der Waals surface area contributed by atoms with Crippen LogP contribution in [0, 0.1) is 32.6 Å². The molecule has 6 nitrogen and oxygen atoms in total. The summed E-state index contributed by atoms with van der Waals surface area (Å²) in [6.07, 6.45) is 3.19. The summed E-state index contributed by atoms with van der Waals surface area (Å²) in [5.41, 5.74) is 3.39. The first-order chi connectivity index (χ1) is 12.3. The minimum Gasteiger partial charge on any atom is -0.369 e. The number of likely N-dealkylation sites (tertiary alicyclic amines) is 1. The molecule has 0 radical (unpaired) electrons. The van der Waals surface area contributed by atoms with E-state index in [0.29, 0.717) is 30.9 Å². The standard InChI is InChI=1S/C20H32N4O2/c1-13-14(2)21-24(15(13)3)9-7-19(25)23-11-17-16(10-22(4)5)18-6-8-20(17,12-23)26-18/h16-18H,6-12H2,1-5H3/t16-,17+,18+,20+/m0/s1. The second kappa shape index (κ2) is 6.34. The van der Waals surface area contributed by atoms with Crippen LogP contribution >= 0.6 is 0 Å². The average Bonchev–Trinajstić information content (AvgIpc) is 3.30. The number of ether oxygens (including phenoxy) is 1. The number of carbonyl (C=O) groups is 1. The molecule has 3 aliphatic rings. The van der Waals surface area contributed by atoms with Crippen LogP contribution in [0.15, 0.2) is 0 Å². The minimum atomic E-state index is -0.0597. The van der Waals surface area contributed by atoms with Crippen LogP contribution < -0.4 is 0 Å². The Bertz CT molecular complexity index is 713. The van der Waals surface area contributed by atoms with Crippen molar-refractivity contribution >= 4 is 5.91 Å². The second-order valence-corrected chi connectivity index (χ2v) is 8.84. The van der Waals surface area contributed by atoms with Gasteiger partial charge in [-0.2, -0.15) is 5.10 Å². The van der Waals surface area contributed by atoms with Gasteiger partial charge in [0.25, 0.3) is 0 Å². The summed E-state index contributed by atoms with van der Waals surface area (Å²) in [6.45, 7) is 9.58. The van der Waals surface area contributed by atoms with Crippen LogP contribution in [0.2, 0.25) is 0 Å². The number of nitrogens with zero attached hydrogens (tertiary/aromatic N) is 4. The highest BCUT2D eigenvalue weighted by Crippen LogP contribution is 2.54. The van der Waals surface area contributed by atoms with Gasteiger partial charge in [-0.3, -0.25) is 9.48 Å². The third-order valence-electron chi connectivity index (χ3n) is 6.99. The van der Waals surface area contributed by atoms with Crippen molar-refractivity contribution in [3.63, 3.8) is 0 Å². The van der Waals surface area contributed by atoms with Crippen molar-refractivity contribution < 1.29 is 9.53 Å². The zero-order chi connectivity index (χ0) is 18.6. The van der Waals surface area contributed by atoms with Crippen molar-refractivity contribution in [3.05, 3.63) is 17.0 Å². The predicted molar refractivity (Wildman–Crippen MR) is 100 cm³/mol. The van der Waals surface area contributed by atoms with Gasteiger partial charge in [0.1, 0.15) is 0 Å². The van der Waals surface area contributed by atoms with Crippen molar-refractivity contribution in [2.45, 2.75) is 58.3 Å². The van der Waals surface area contributed by atoms with E-state index >= 15 is 0 Å². The zero-order valence-corrected chi connectivity index (χ0v) is 16.8. The van der Waals surface area contributed by atoms with Crippen LogP contribution in [0.3, 0.4) is 0 Å². The Labute approximate surface area is 156 Å². The lowest BCUT2D eigenvalue weighted by molar-refractivity contribution is -0.132. The maximum absolute atomic E-state index is 12.9. The Morgan fingerprint density at radius 3 is 2.77 bits per heavy atom. The molecular weight excluding hydrogens is 328 g/mol. The number of carbonyl (C=O) groups excluding carboxylic acids is 1. The Hall–Kier alpha value is -1.40. The van der Waals surface area contributed by atoms with Crippen LogP contribution in [0.4, 0.5) is 0 Å². The normalized spacial score (nSPS) is 32.7. The van der Waals surface area contributed by atoms with Crippen molar-refractivity contribution in [1.82, 2.24) is 19.6 Å². The monoisotopic (exact) mass is 360 g/mol. The highest BCUT2D eigenvalue weighted by Gasteiger charge is 2.63. The number of fused-ring (bicyclic) bond motifs is 1. The fraction of sp³-hybridized carbons (Fsp3) is 0.800. The molecule has 3 aliphatic heterocycles. The van der Waals surface area contributed by atoms with E-state index in [2.05, 4.69) is 42.8 Å². The smallest absolute Gasteiger partial charge is 0.224 e. The molecule has 1 aromatic rings. The van der Waals surface area contributed by atoms with E-state index in [9.17, 15) is 4.79 Å². The molecular formula is C20H32N4O2. The van der Waals surface area contributed by atoms with E-state index in [4.69, 9.17) is 4.74 Å². The third-order valence-corrected chi connectivity index (χ3v) is 6.99. The van der Waals surface area contributed by atoms with Gasteiger partial charge < -0.3 is 14.5 Å². The fourth-order valence-electron chi connectivity index (χ4n) is 5.41. The first-order valence-electron chi connectivity index (χ1n) is 9.91. The molecule has 0 saturated carbocycles. The molecule has 26 heavy (non-hydrogen) atoms. The topological polar surface area (TPSA) is 50.6 Å². The number of amides is 1. The summed E-state index contributed by atoms with van der Waals surface area (Å²) in [7, 11) is 4.26. The molecule has 3 fully saturated rings. The number of hydrogen-bond acceptors (Lipinski definition) is 4. The summed E-state index contributed by atoms with van der Waals surface area (Å²) < 4.78 is 8.42. The fourth-order valence-corrected chi connectivity index (χ4v) is 5.41. The molecule has 4 rings (SSSR count). The molecule has 144 valence electrons. The van der Waals surface area contributed by atoms with E-state index < -0.39 is 0 Å². The van der Waals surface area contributed by atoms with Crippen LogP contribution in [0.25, 0.3) is 0 Å². The van der Waals surface area contributed by atoms with E-state index in [-0.39, 0.29) is 11.5 Å². The molecule has 4 atom stereocenters. The van der Waals surface area contributed by atoms with Gasteiger partial charge in [0, 0.05) is 43.6 Å². The molecule has 1 amide bonds. The van der Waals surface area contributed by atoms with Gasteiger partial charge in [-0.05, 0) is 53.3 Å². The summed E-state index contributed by atoms with van der Waals surface area (Å²) in [5, 5.41) is 4.56. The molecule has 0 N–H and O–H groups in total. The van der Waals surface area contributed by atoms with Gasteiger partial charge in [0.05, 0.1) is 23.9 Å². The highest BCUT2D eigenvalue weighted by atomic mass is 16.5. The largest absolute Gasteiger partial charge is 0.369 e. The van der Waals surface area contributed by atoms with Crippen molar-refractivity contribution in [1.29, 1.82) is 0 Å². The molecule has 1 spiro atoms. The van der Waals surface area contributed by atoms with E-state index in [0.717, 1.165) is 38.2 Å². The van der Waals surface area contributed by atoms with Crippen molar-refractivity contribution in [2.24, 2.45) is 11.8 Å². The Morgan fingerprint density at radius 1 is 1.35 bits per heavy atom. The van der Waals surface area contributed by atoms with E-state index in [1.165, 1.54) is 11.3 Å². The molecule has 3 saturated heterocycles. The number of hydrogen-bond donors (Lipinski definition) is 0. The van der Waals surface area contributed by atoms with Crippen LogP contribution in [-0.4, -0.2) is 70.9 Å². The van der Waals surface area contributed by atoms with Gasteiger partial charge >= 0.3 is 0 Å². The Balaban J connectivity index is 1.40. The van der Waals surface area contributed by atoms with Gasteiger partial charge in [-0.15, -0.1) is 0 Å². The number of aromatic nitrogens is 2. The molecule has 0 aliphatic carbocycles. The molecule has 6 heteroatoms. The van der Waals surface area contributed by atoms with Gasteiger partial charge in [0.15, 0.2) is 0 Å². The van der Waals surface area contributed by atoms with E-state index in [1.807, 2.05) is 11.6 Å². The minimum absolute atomic E-state index is 0.0597.